The number of benzene rings is 16. The average Bonchev–Trinajstić information content (AvgIpc) is 1.44. The molecule has 0 aliphatic heterocycles. The van der Waals surface area contributed by atoms with Gasteiger partial charge < -0.3 is 4.57 Å². The minimum absolute atomic E-state index is 0.0313. The Kier molecular flexibility index (Phi) is 11.7. The molecule has 10 heteroatoms. The highest BCUT2D eigenvalue weighted by Gasteiger charge is 2.69. The molecule has 0 spiro atoms. The molecule has 6 heterocycles. The van der Waals surface area contributed by atoms with Crippen molar-refractivity contribution in [2.24, 2.45) is 0 Å². The highest BCUT2D eigenvalue weighted by Crippen LogP contribution is 2.75. The molecule has 0 fully saturated rings. The first-order valence-corrected chi connectivity index (χ1v) is 38.9. The van der Waals surface area contributed by atoms with Crippen molar-refractivity contribution >= 4 is 118 Å². The van der Waals surface area contributed by atoms with Gasteiger partial charge in [-0.3, -0.25) is 9.13 Å². The highest BCUT2D eigenvalue weighted by atomic mass is 32.1. The van der Waals surface area contributed by atoms with Gasteiger partial charge in [0.2, 0.25) is 11.9 Å². The fraction of sp³-hybridized carbons (Fsp3) is 0.0297. The molecule has 4 aliphatic rings. The number of aromatic nitrogens is 9. The Hall–Kier alpha value is -14.3. The van der Waals surface area contributed by atoms with E-state index in [-0.39, 0.29) is 5.92 Å². The van der Waals surface area contributed by atoms with Gasteiger partial charge in [0, 0.05) is 86.3 Å². The Balaban J connectivity index is 0.727. The summed E-state index contributed by atoms with van der Waals surface area (Å²) in [7, 11) is 0. The van der Waals surface area contributed by atoms with Crippen LogP contribution < -0.4 is 0 Å². The Labute approximate surface area is 638 Å². The van der Waals surface area contributed by atoms with E-state index in [9.17, 15) is 0 Å². The van der Waals surface area contributed by atoms with E-state index in [2.05, 4.69) is 353 Å². The molecule has 0 saturated heterocycles. The summed E-state index contributed by atoms with van der Waals surface area (Å²) in [6, 6.07) is 125. The molecule has 26 rings (SSSR count). The van der Waals surface area contributed by atoms with Gasteiger partial charge in [0.05, 0.1) is 43.9 Å². The SMILES string of the molecule is c1ccc(-c2nc(-c3ccc4c5c(cccc35)C35c6cccc7c(-c8nc(-c9ccccc9)nc(-n9c%10ccccc%10c%10ccc%11c%12ccccc%12n(-c%12ccccc%12)c%11c%109)n8)ccc(c67)C43c3cccc4sc6cccc5c6c34)nc(-n3c4ccccc4c4ccc5c(c43)C(c3ccccc3)c3ccccc3-5)n2)cc1. The van der Waals surface area contributed by atoms with Crippen LogP contribution in [0.5, 0.6) is 0 Å². The van der Waals surface area contributed by atoms with Crippen molar-refractivity contribution in [3.05, 3.63) is 390 Å². The predicted molar refractivity (Wildman–Crippen MR) is 451 cm³/mol. The summed E-state index contributed by atoms with van der Waals surface area (Å²) in [5.74, 6) is 3.45. The van der Waals surface area contributed by atoms with Crippen molar-refractivity contribution in [3.63, 3.8) is 0 Å². The van der Waals surface area contributed by atoms with Crippen molar-refractivity contribution < 1.29 is 0 Å². The summed E-state index contributed by atoms with van der Waals surface area (Å²) in [5, 5.41) is 14.1. The Bertz CT molecular complexity index is 7830. The zero-order valence-corrected chi connectivity index (χ0v) is 60.2. The molecule has 0 amide bonds. The third-order valence-corrected chi connectivity index (χ3v) is 26.2. The second-order valence-corrected chi connectivity index (χ2v) is 31.2. The lowest BCUT2D eigenvalue weighted by atomic mass is 9.51. The lowest BCUT2D eigenvalue weighted by Crippen LogP contribution is -2.47. The molecule has 0 N–H and O–H groups in total. The number of hydrogen-bond acceptors (Lipinski definition) is 7. The van der Waals surface area contributed by atoms with Gasteiger partial charge in [-0.05, 0) is 125 Å². The second kappa shape index (κ2) is 21.7. The minimum Gasteiger partial charge on any atom is -0.307 e. The lowest BCUT2D eigenvalue weighted by molar-refractivity contribution is 0.469. The number of para-hydroxylation sites is 4. The number of fused-ring (bicyclic) bond motifs is 14. The highest BCUT2D eigenvalue weighted by molar-refractivity contribution is 7.26. The van der Waals surface area contributed by atoms with Crippen LogP contribution in [0.3, 0.4) is 0 Å². The maximum Gasteiger partial charge on any atom is 0.238 e. The maximum absolute atomic E-state index is 5.87. The zero-order chi connectivity index (χ0) is 72.1. The van der Waals surface area contributed by atoms with Gasteiger partial charge in [0.25, 0.3) is 0 Å². The molecule has 16 aromatic carbocycles. The number of rotatable bonds is 8. The van der Waals surface area contributed by atoms with Gasteiger partial charge in [-0.2, -0.15) is 19.9 Å². The quantitative estimate of drug-likeness (QED) is 0.150. The normalized spacial score (nSPS) is 16.3. The molecule has 4 aliphatic carbocycles. The van der Waals surface area contributed by atoms with Crippen LogP contribution in [0.25, 0.3) is 181 Å². The molecular formula is C101H57N9S. The zero-order valence-electron chi connectivity index (χ0n) is 59.3. The molecule has 3 unspecified atom stereocenters. The fourth-order valence-corrected chi connectivity index (χ4v) is 22.3. The molecular weight excluding hydrogens is 1370 g/mol. The Morgan fingerprint density at radius 2 is 0.640 bits per heavy atom. The van der Waals surface area contributed by atoms with E-state index in [0.29, 0.717) is 35.2 Å². The fourth-order valence-electron chi connectivity index (χ4n) is 21.1. The first-order valence-electron chi connectivity index (χ1n) is 38.0. The van der Waals surface area contributed by atoms with E-state index in [4.69, 9.17) is 29.9 Å². The number of hydrogen-bond donors (Lipinski definition) is 0. The van der Waals surface area contributed by atoms with Gasteiger partial charge in [0.15, 0.2) is 23.3 Å². The van der Waals surface area contributed by atoms with Gasteiger partial charge in [0.1, 0.15) is 0 Å². The van der Waals surface area contributed by atoms with Crippen LogP contribution in [0, 0.1) is 0 Å². The summed E-state index contributed by atoms with van der Waals surface area (Å²) < 4.78 is 9.64. The lowest BCUT2D eigenvalue weighted by Gasteiger charge is -2.48. The number of nitrogens with zero attached hydrogens (tertiary/aromatic N) is 9. The monoisotopic (exact) mass is 1430 g/mol. The molecule has 0 radical (unpaired) electrons. The van der Waals surface area contributed by atoms with Crippen LogP contribution in [0.15, 0.2) is 340 Å². The van der Waals surface area contributed by atoms with Crippen LogP contribution in [-0.4, -0.2) is 43.6 Å². The summed E-state index contributed by atoms with van der Waals surface area (Å²) in [5.41, 5.74) is 23.5. The molecule has 0 saturated carbocycles. The van der Waals surface area contributed by atoms with Crippen LogP contribution in [0.4, 0.5) is 0 Å². The average molecular weight is 1430 g/mol. The summed E-state index contributed by atoms with van der Waals surface area (Å²) in [6.07, 6.45) is 0. The van der Waals surface area contributed by atoms with Crippen molar-refractivity contribution in [2.75, 3.05) is 0 Å². The molecule has 3 atom stereocenters. The topological polar surface area (TPSA) is 92.1 Å². The van der Waals surface area contributed by atoms with Gasteiger partial charge >= 0.3 is 0 Å². The van der Waals surface area contributed by atoms with Crippen molar-refractivity contribution in [1.29, 1.82) is 0 Å². The molecule has 22 aromatic rings. The van der Waals surface area contributed by atoms with Crippen LogP contribution in [0.1, 0.15) is 56.0 Å². The standard InChI is InChI=1S/C101H57N9S/c1-5-25-57(26-6-1)85-65-37-14-13-33-61(65)68-49-50-69-62-34-16-19-45-81(62)109(91(69)88(68)85)98-104-94(58-27-7-2-8-28-58)102-96(106-98)72-53-55-78-86-66(72)38-21-40-74(86)100-75-41-22-39-67-73(54-56-79(87(67)75)101(78,100)77-43-24-48-84-90(77)89-76(100)42-23-47-83(89)111-84)97-103-95(59-29-9-3-10-30-59)105-99(107-97)110-82-46-20-17-36-64(82)71-52-51-70-63-35-15-18-44-80(63)108(92(70)93(71)110)60-31-11-4-12-32-60/h1-56,85H. The van der Waals surface area contributed by atoms with Crippen LogP contribution in [0.2, 0.25) is 0 Å². The van der Waals surface area contributed by atoms with Crippen molar-refractivity contribution in [1.82, 2.24) is 43.6 Å². The van der Waals surface area contributed by atoms with E-state index >= 15 is 0 Å². The molecule has 0 bridgehead atoms. The summed E-state index contributed by atoms with van der Waals surface area (Å²) >= 11 is 1.90. The van der Waals surface area contributed by atoms with Crippen molar-refractivity contribution in [3.8, 4) is 74.3 Å². The van der Waals surface area contributed by atoms with E-state index in [0.717, 1.165) is 98.7 Å². The number of thiophene rings is 1. The van der Waals surface area contributed by atoms with Crippen LogP contribution >= 0.6 is 11.3 Å². The second-order valence-electron chi connectivity index (χ2n) is 30.1. The van der Waals surface area contributed by atoms with Gasteiger partial charge in [-0.1, -0.05) is 297 Å². The minimum atomic E-state index is -0.767. The third-order valence-electron chi connectivity index (χ3n) is 25.1. The Morgan fingerprint density at radius 1 is 0.252 bits per heavy atom. The third kappa shape index (κ3) is 7.50. The summed E-state index contributed by atoms with van der Waals surface area (Å²) in [4.78, 5) is 34.3. The van der Waals surface area contributed by atoms with Gasteiger partial charge in [-0.15, -0.1) is 11.3 Å². The first-order chi connectivity index (χ1) is 55.1. The first kappa shape index (κ1) is 59.8. The van der Waals surface area contributed by atoms with E-state index in [1.54, 1.807) is 0 Å². The Morgan fingerprint density at radius 3 is 1.18 bits per heavy atom. The van der Waals surface area contributed by atoms with E-state index in [1.165, 1.54) is 97.5 Å². The predicted octanol–water partition coefficient (Wildman–Crippen LogP) is 24.2. The molecule has 512 valence electrons. The molecule has 6 aromatic heterocycles. The van der Waals surface area contributed by atoms with Gasteiger partial charge in [-0.25, -0.2) is 9.97 Å². The molecule has 111 heavy (non-hydrogen) atoms. The van der Waals surface area contributed by atoms with Crippen LogP contribution in [-0.2, 0) is 10.8 Å². The van der Waals surface area contributed by atoms with E-state index in [1.807, 2.05) is 11.3 Å². The maximum atomic E-state index is 5.87. The molecule has 9 nitrogen and oxygen atoms in total. The largest absolute Gasteiger partial charge is 0.307 e. The van der Waals surface area contributed by atoms with Crippen molar-refractivity contribution in [2.45, 2.75) is 16.7 Å². The smallest absolute Gasteiger partial charge is 0.238 e. The van der Waals surface area contributed by atoms with E-state index < -0.39 is 10.8 Å². The summed E-state index contributed by atoms with van der Waals surface area (Å²) in [6.45, 7) is 0.